The predicted octanol–water partition coefficient (Wildman–Crippen LogP) is 2.40. The van der Waals surface area contributed by atoms with Crippen molar-refractivity contribution >= 4 is 25.2 Å². The van der Waals surface area contributed by atoms with Gasteiger partial charge in [-0.1, -0.05) is 0 Å². The van der Waals surface area contributed by atoms with Crippen LogP contribution in [0.1, 0.15) is 55.4 Å². The van der Waals surface area contributed by atoms with Gasteiger partial charge in [0.2, 0.25) is 0 Å². The predicted molar refractivity (Wildman–Crippen MR) is 176 cm³/mol. The number of hydrogen-bond acceptors (Lipinski definition) is 12. The second kappa shape index (κ2) is 17.8. The summed E-state index contributed by atoms with van der Waals surface area (Å²) in [6.45, 7) is 21.5. The number of ether oxygens (including phenoxy) is 8. The first kappa shape index (κ1) is 39.0. The van der Waals surface area contributed by atoms with Gasteiger partial charge in [-0.05, 0) is 67.5 Å². The maximum Gasteiger partial charge on any atom is 0.498 e. The number of rotatable bonds is 22. The van der Waals surface area contributed by atoms with Crippen molar-refractivity contribution in [3.8, 4) is 11.5 Å². The Labute approximate surface area is 276 Å². The smallest absolute Gasteiger partial charge is 0.492 e. The molecule has 2 heterocycles. The fourth-order valence-electron chi connectivity index (χ4n) is 4.50. The average Bonchev–Trinajstić information content (AvgIpc) is 3.34. The van der Waals surface area contributed by atoms with E-state index >= 15 is 0 Å². The van der Waals surface area contributed by atoms with Gasteiger partial charge in [0, 0.05) is 25.1 Å². The molecule has 0 atom stereocenters. The lowest BCUT2D eigenvalue weighted by atomic mass is 9.72. The van der Waals surface area contributed by atoms with Crippen LogP contribution < -0.4 is 20.4 Å². The minimum absolute atomic E-state index is 0.299. The molecule has 0 N–H and O–H groups in total. The van der Waals surface area contributed by atoms with Crippen molar-refractivity contribution in [1.29, 1.82) is 0 Å². The number of hydrogen-bond donors (Lipinski definition) is 0. The zero-order chi connectivity index (χ0) is 33.8. The van der Waals surface area contributed by atoms with Crippen LogP contribution in [-0.2, 0) is 47.0 Å². The van der Waals surface area contributed by atoms with E-state index in [1.165, 1.54) is 0 Å². The Balaban J connectivity index is 1.80. The molecule has 2 fully saturated rings. The van der Waals surface area contributed by atoms with E-state index in [1.807, 2.05) is 67.5 Å². The van der Waals surface area contributed by atoms with Gasteiger partial charge in [0.1, 0.15) is 24.7 Å². The first-order valence-corrected chi connectivity index (χ1v) is 16.2. The monoisotopic (exact) mass is 654 g/mol. The van der Waals surface area contributed by atoms with Crippen molar-refractivity contribution in [2.75, 3.05) is 93.5 Å². The zero-order valence-corrected chi connectivity index (χ0v) is 29.7. The van der Waals surface area contributed by atoms with Crippen LogP contribution in [0.4, 0.5) is 0 Å². The van der Waals surface area contributed by atoms with Gasteiger partial charge in [0.15, 0.2) is 0 Å². The molecule has 2 aliphatic rings. The van der Waals surface area contributed by atoms with Crippen LogP contribution in [0.15, 0.2) is 12.1 Å². The number of benzene rings is 1. The van der Waals surface area contributed by atoms with E-state index in [1.54, 1.807) is 14.2 Å². The fourth-order valence-corrected chi connectivity index (χ4v) is 4.50. The summed E-state index contributed by atoms with van der Waals surface area (Å²) in [5, 5.41) is 0. The molecular formula is C32H56B2O12. The summed E-state index contributed by atoms with van der Waals surface area (Å²) >= 11 is 0. The van der Waals surface area contributed by atoms with E-state index in [0.29, 0.717) is 102 Å². The lowest BCUT2D eigenvalue weighted by Crippen LogP contribution is -2.41. The highest BCUT2D eigenvalue weighted by Gasteiger charge is 2.55. The molecule has 0 unspecified atom stereocenters. The minimum atomic E-state index is -0.690. The summed E-state index contributed by atoms with van der Waals surface area (Å²) < 4.78 is 70.8. The van der Waals surface area contributed by atoms with Gasteiger partial charge >= 0.3 is 14.2 Å². The Hall–Kier alpha value is -1.45. The quantitative estimate of drug-likeness (QED) is 0.135. The van der Waals surface area contributed by atoms with Gasteiger partial charge in [0.05, 0.1) is 88.5 Å². The van der Waals surface area contributed by atoms with Crippen LogP contribution in [0.25, 0.3) is 0 Å². The van der Waals surface area contributed by atoms with E-state index in [-0.39, 0.29) is 0 Å². The molecule has 0 spiro atoms. The SMILES string of the molecule is COCCOCCOCCOc1cc(B2OC(C)(C)C(C)(C)O2)c(OCCOCCOCCOC)cc1B1OC(C)(C)C(C)(C)O1. The molecule has 0 aromatic heterocycles. The molecule has 0 amide bonds. The molecule has 1 aromatic rings. The molecule has 2 aliphatic heterocycles. The third-order valence-electron chi connectivity index (χ3n) is 8.73. The van der Waals surface area contributed by atoms with Crippen molar-refractivity contribution in [2.24, 2.45) is 0 Å². The Kier molecular flexibility index (Phi) is 15.1. The summed E-state index contributed by atoms with van der Waals surface area (Å²) in [7, 11) is 1.91. The summed E-state index contributed by atoms with van der Waals surface area (Å²) in [4.78, 5) is 0. The fraction of sp³-hybridized carbons (Fsp3) is 0.812. The maximum absolute atomic E-state index is 6.44. The van der Waals surface area contributed by atoms with Gasteiger partial charge < -0.3 is 56.5 Å². The molecule has 1 aromatic carbocycles. The van der Waals surface area contributed by atoms with Gasteiger partial charge in [-0.15, -0.1) is 0 Å². The second-order valence-electron chi connectivity index (χ2n) is 13.2. The molecule has 0 aliphatic carbocycles. The molecule has 262 valence electrons. The van der Waals surface area contributed by atoms with Crippen LogP contribution in [0, 0.1) is 0 Å². The van der Waals surface area contributed by atoms with Gasteiger partial charge in [-0.2, -0.15) is 0 Å². The Morgan fingerprint density at radius 1 is 0.435 bits per heavy atom. The van der Waals surface area contributed by atoms with Crippen LogP contribution >= 0.6 is 0 Å². The van der Waals surface area contributed by atoms with E-state index in [2.05, 4.69) is 0 Å². The third-order valence-corrected chi connectivity index (χ3v) is 8.73. The van der Waals surface area contributed by atoms with E-state index in [9.17, 15) is 0 Å². The molecule has 46 heavy (non-hydrogen) atoms. The van der Waals surface area contributed by atoms with Crippen LogP contribution in [0.5, 0.6) is 11.5 Å². The van der Waals surface area contributed by atoms with Crippen molar-refractivity contribution < 1.29 is 56.5 Å². The highest BCUT2D eigenvalue weighted by atomic mass is 16.7. The first-order valence-electron chi connectivity index (χ1n) is 16.2. The summed E-state index contributed by atoms with van der Waals surface area (Å²) in [6, 6.07) is 3.80. The normalized spacial score (nSPS) is 19.6. The standard InChI is InChI=1S/C32H56B2O12/c1-29(2)30(3,4)44-33(43-29)25-23-28(42-22-20-40-18-16-38-14-12-36-10)26(34-45-31(5,6)32(7,8)46-34)24-27(25)41-21-19-39-17-15-37-13-11-35-9/h23-24H,11-22H2,1-10H3. The largest absolute Gasteiger partial charge is 0.498 e. The lowest BCUT2D eigenvalue weighted by molar-refractivity contribution is 0.00578. The Bertz CT molecular complexity index is 938. The zero-order valence-electron chi connectivity index (χ0n) is 29.7. The highest BCUT2D eigenvalue weighted by molar-refractivity contribution is 6.66. The molecule has 0 bridgehead atoms. The summed E-state index contributed by atoms with van der Waals surface area (Å²) in [5.41, 5.74) is -0.804. The highest BCUT2D eigenvalue weighted by Crippen LogP contribution is 2.39. The average molecular weight is 654 g/mol. The molecule has 0 saturated carbocycles. The van der Waals surface area contributed by atoms with Crippen molar-refractivity contribution in [1.82, 2.24) is 0 Å². The molecule has 12 nitrogen and oxygen atoms in total. The van der Waals surface area contributed by atoms with Gasteiger partial charge in [0.25, 0.3) is 0 Å². The molecule has 14 heteroatoms. The van der Waals surface area contributed by atoms with Gasteiger partial charge in [-0.3, -0.25) is 0 Å². The molecule has 2 saturated heterocycles. The lowest BCUT2D eigenvalue weighted by Gasteiger charge is -2.32. The molecule has 3 rings (SSSR count). The third kappa shape index (κ3) is 10.8. The van der Waals surface area contributed by atoms with E-state index in [4.69, 9.17) is 56.5 Å². The second-order valence-corrected chi connectivity index (χ2v) is 13.2. The number of methoxy groups -OCH3 is 2. The van der Waals surface area contributed by atoms with Crippen molar-refractivity contribution in [3.05, 3.63) is 12.1 Å². The maximum atomic E-state index is 6.44. The van der Waals surface area contributed by atoms with Gasteiger partial charge in [-0.25, -0.2) is 0 Å². The van der Waals surface area contributed by atoms with E-state index < -0.39 is 36.6 Å². The Morgan fingerprint density at radius 3 is 0.978 bits per heavy atom. The van der Waals surface area contributed by atoms with Crippen LogP contribution in [0.3, 0.4) is 0 Å². The Morgan fingerprint density at radius 2 is 0.696 bits per heavy atom. The summed E-state index contributed by atoms with van der Waals surface area (Å²) in [5.74, 6) is 1.14. The first-order chi connectivity index (χ1) is 21.7. The van der Waals surface area contributed by atoms with Crippen molar-refractivity contribution in [3.63, 3.8) is 0 Å². The minimum Gasteiger partial charge on any atom is -0.492 e. The van der Waals surface area contributed by atoms with Crippen LogP contribution in [-0.4, -0.2) is 130 Å². The topological polar surface area (TPSA) is 111 Å². The summed E-state index contributed by atoms with van der Waals surface area (Å²) in [6.07, 6.45) is 0. The van der Waals surface area contributed by atoms with Crippen molar-refractivity contribution in [2.45, 2.75) is 77.8 Å². The molecule has 0 radical (unpaired) electrons. The molecular weight excluding hydrogens is 598 g/mol. The van der Waals surface area contributed by atoms with E-state index in [0.717, 1.165) is 0 Å². The van der Waals surface area contributed by atoms with Crippen LogP contribution in [0.2, 0.25) is 0 Å².